The minimum atomic E-state index is -0.591. The second-order valence-electron chi connectivity index (χ2n) is 9.06. The monoisotopic (exact) mass is 344 g/mol. The van der Waals surface area contributed by atoms with Crippen molar-refractivity contribution in [2.75, 3.05) is 0 Å². The molecule has 0 spiro atoms. The zero-order valence-electron chi connectivity index (χ0n) is 16.3. The van der Waals surface area contributed by atoms with Crippen LogP contribution >= 0.6 is 0 Å². The summed E-state index contributed by atoms with van der Waals surface area (Å²) in [6.45, 7) is 11.1. The first-order valence-corrected chi connectivity index (χ1v) is 10.3. The average molecular weight is 345 g/mol. The van der Waals surface area contributed by atoms with Crippen molar-refractivity contribution in [3.63, 3.8) is 0 Å². The largest absolute Gasteiger partial charge is 0.388 e. The van der Waals surface area contributed by atoms with E-state index in [-0.39, 0.29) is 0 Å². The van der Waals surface area contributed by atoms with E-state index in [0.29, 0.717) is 23.8 Å². The van der Waals surface area contributed by atoms with Gasteiger partial charge in [-0.1, -0.05) is 57.1 Å². The lowest BCUT2D eigenvalue weighted by atomic mass is 9.61. The zero-order chi connectivity index (χ0) is 18.2. The van der Waals surface area contributed by atoms with Gasteiger partial charge < -0.3 is 10.2 Å². The van der Waals surface area contributed by atoms with Crippen LogP contribution in [0, 0.1) is 23.2 Å². The summed E-state index contributed by atoms with van der Waals surface area (Å²) >= 11 is 0. The first kappa shape index (κ1) is 18.9. The molecular weight excluding hydrogens is 308 g/mol. The fourth-order valence-electron chi connectivity index (χ4n) is 5.92. The predicted octanol–water partition coefficient (Wildman–Crippen LogP) is 5.17. The highest BCUT2D eigenvalue weighted by Crippen LogP contribution is 2.59. The number of aliphatic hydroxyl groups excluding tert-OH is 2. The van der Waals surface area contributed by atoms with Crippen molar-refractivity contribution in [3.8, 4) is 0 Å². The lowest BCUT2D eigenvalue weighted by Crippen LogP contribution is -2.35. The molecule has 2 N–H and O–H groups in total. The van der Waals surface area contributed by atoms with Gasteiger partial charge in [0.05, 0.1) is 12.2 Å². The molecule has 3 aliphatic rings. The maximum absolute atomic E-state index is 10.0. The third-order valence-corrected chi connectivity index (χ3v) is 7.67. The second kappa shape index (κ2) is 7.40. The van der Waals surface area contributed by atoms with Gasteiger partial charge in [-0.2, -0.15) is 0 Å². The Labute approximate surface area is 153 Å². The van der Waals surface area contributed by atoms with Crippen LogP contribution in [-0.2, 0) is 0 Å². The van der Waals surface area contributed by atoms with Crippen molar-refractivity contribution >= 4 is 0 Å². The Balaban J connectivity index is 1.78. The molecule has 3 rings (SSSR count). The molecule has 0 heterocycles. The van der Waals surface area contributed by atoms with Gasteiger partial charge in [0.15, 0.2) is 0 Å². The Kier molecular flexibility index (Phi) is 5.60. The minimum Gasteiger partial charge on any atom is -0.388 e. The molecule has 0 amide bonds. The molecule has 3 aliphatic carbocycles. The van der Waals surface area contributed by atoms with Crippen LogP contribution < -0.4 is 0 Å². The predicted molar refractivity (Wildman–Crippen MR) is 104 cm³/mol. The van der Waals surface area contributed by atoms with Crippen molar-refractivity contribution in [1.82, 2.24) is 0 Å². The highest BCUT2D eigenvalue weighted by Gasteiger charge is 2.50. The molecule has 3 saturated carbocycles. The Morgan fingerprint density at radius 2 is 1.88 bits per heavy atom. The number of aliphatic hydroxyl groups is 2. The summed E-state index contributed by atoms with van der Waals surface area (Å²) in [5.74, 6) is 2.41. The molecule has 25 heavy (non-hydrogen) atoms. The highest BCUT2D eigenvalue weighted by molar-refractivity contribution is 5.29. The van der Waals surface area contributed by atoms with Crippen LogP contribution in [-0.4, -0.2) is 22.4 Å². The summed E-state index contributed by atoms with van der Waals surface area (Å²) in [7, 11) is 0. The second-order valence-corrected chi connectivity index (χ2v) is 9.06. The zero-order valence-corrected chi connectivity index (χ0v) is 16.3. The van der Waals surface area contributed by atoms with Crippen molar-refractivity contribution in [2.45, 2.75) is 84.3 Å². The SMILES string of the molecule is C=C1[C@H](O)CC(=C/C=C2\CCC[C@]3(C)[C@@H]([C@H](C)CC)CC[C@@H]23)C[C@H]1O. The van der Waals surface area contributed by atoms with Gasteiger partial charge in [-0.05, 0) is 73.7 Å². The fourth-order valence-corrected chi connectivity index (χ4v) is 5.92. The Morgan fingerprint density at radius 3 is 2.52 bits per heavy atom. The molecule has 2 heteroatoms. The lowest BCUT2D eigenvalue weighted by Gasteiger charge is -2.44. The number of allylic oxidation sites excluding steroid dienone is 3. The van der Waals surface area contributed by atoms with Crippen molar-refractivity contribution < 1.29 is 10.2 Å². The van der Waals surface area contributed by atoms with E-state index in [1.54, 1.807) is 5.57 Å². The summed E-state index contributed by atoms with van der Waals surface area (Å²) in [6.07, 6.45) is 12.5. The van der Waals surface area contributed by atoms with E-state index in [1.807, 2.05) is 0 Å². The van der Waals surface area contributed by atoms with Crippen molar-refractivity contribution in [1.29, 1.82) is 0 Å². The Bertz CT molecular complexity index is 557. The maximum atomic E-state index is 10.0. The van der Waals surface area contributed by atoms with E-state index in [2.05, 4.69) is 39.5 Å². The van der Waals surface area contributed by atoms with E-state index in [4.69, 9.17) is 0 Å². The molecule has 6 atom stereocenters. The van der Waals surface area contributed by atoms with Crippen LogP contribution in [0.2, 0.25) is 0 Å². The molecule has 0 aromatic carbocycles. The van der Waals surface area contributed by atoms with Crippen LogP contribution in [0.25, 0.3) is 0 Å². The highest BCUT2D eigenvalue weighted by atomic mass is 16.3. The van der Waals surface area contributed by atoms with E-state index in [9.17, 15) is 10.2 Å². The average Bonchev–Trinajstić information content (AvgIpc) is 2.94. The summed E-state index contributed by atoms with van der Waals surface area (Å²) in [6, 6.07) is 0. The molecule has 3 fully saturated rings. The number of rotatable bonds is 3. The summed E-state index contributed by atoms with van der Waals surface area (Å²) in [5.41, 5.74) is 3.81. The molecule has 2 nitrogen and oxygen atoms in total. The van der Waals surface area contributed by atoms with Gasteiger partial charge in [-0.25, -0.2) is 0 Å². The van der Waals surface area contributed by atoms with E-state index in [1.165, 1.54) is 38.5 Å². The summed E-state index contributed by atoms with van der Waals surface area (Å²) < 4.78 is 0. The minimum absolute atomic E-state index is 0.470. The molecule has 0 aromatic rings. The van der Waals surface area contributed by atoms with Gasteiger partial charge >= 0.3 is 0 Å². The molecule has 0 radical (unpaired) electrons. The first-order valence-electron chi connectivity index (χ1n) is 10.3. The normalized spacial score (nSPS) is 41.7. The van der Waals surface area contributed by atoms with E-state index < -0.39 is 12.2 Å². The third kappa shape index (κ3) is 3.53. The number of hydrogen-bond acceptors (Lipinski definition) is 2. The van der Waals surface area contributed by atoms with Gasteiger partial charge in [0.25, 0.3) is 0 Å². The quantitative estimate of drug-likeness (QED) is 0.693. The summed E-state index contributed by atoms with van der Waals surface area (Å²) in [4.78, 5) is 0. The van der Waals surface area contributed by atoms with Gasteiger partial charge in [-0.15, -0.1) is 0 Å². The molecule has 0 bridgehead atoms. The van der Waals surface area contributed by atoms with Crippen LogP contribution in [0.3, 0.4) is 0 Å². The van der Waals surface area contributed by atoms with Gasteiger partial charge in [-0.3, -0.25) is 0 Å². The third-order valence-electron chi connectivity index (χ3n) is 7.67. The standard InChI is InChI=1S/C23H36O2/c1-5-15(2)19-10-11-20-18(7-6-12-23(19,20)4)9-8-17-13-21(24)16(3)22(25)14-17/h8-9,15,19-22,24-25H,3,5-7,10-14H2,1-2,4H3/b18-9+/t15-,19-,20+,21-,22-,23-/m1/s1. The smallest absolute Gasteiger partial charge is 0.0809 e. The Morgan fingerprint density at radius 1 is 1.20 bits per heavy atom. The summed E-state index contributed by atoms with van der Waals surface area (Å²) in [5, 5.41) is 20.1. The number of hydrogen-bond donors (Lipinski definition) is 2. The van der Waals surface area contributed by atoms with E-state index in [0.717, 1.165) is 23.3 Å². The van der Waals surface area contributed by atoms with Crippen LogP contribution in [0.1, 0.15) is 72.1 Å². The molecule has 0 aliphatic heterocycles. The van der Waals surface area contributed by atoms with Crippen molar-refractivity contribution in [3.05, 3.63) is 35.5 Å². The topological polar surface area (TPSA) is 40.5 Å². The molecule has 0 saturated heterocycles. The fraction of sp³-hybridized carbons (Fsp3) is 0.739. The maximum Gasteiger partial charge on any atom is 0.0809 e. The first-order chi connectivity index (χ1) is 11.9. The molecule has 0 unspecified atom stereocenters. The molecular formula is C23H36O2. The number of fused-ring (bicyclic) bond motifs is 1. The van der Waals surface area contributed by atoms with Crippen molar-refractivity contribution in [2.24, 2.45) is 23.2 Å². The molecule has 0 aromatic heterocycles. The van der Waals surface area contributed by atoms with Crippen LogP contribution in [0.4, 0.5) is 0 Å². The Hall–Kier alpha value is -0.860. The van der Waals surface area contributed by atoms with Gasteiger partial charge in [0, 0.05) is 0 Å². The van der Waals surface area contributed by atoms with E-state index >= 15 is 0 Å². The van der Waals surface area contributed by atoms with Gasteiger partial charge in [0.2, 0.25) is 0 Å². The lowest BCUT2D eigenvalue weighted by molar-refractivity contribution is 0.0961. The van der Waals surface area contributed by atoms with Gasteiger partial charge in [0.1, 0.15) is 0 Å². The molecule has 140 valence electrons. The van der Waals surface area contributed by atoms with Crippen LogP contribution in [0.5, 0.6) is 0 Å². The van der Waals surface area contributed by atoms with Crippen LogP contribution in [0.15, 0.2) is 35.5 Å².